The number of hydrogen-bond donors (Lipinski definition) is 1. The SMILES string of the molecule is Cl.N[C@@H](c1cccc(Cl)c1)C1CC1. The molecule has 1 aliphatic carbocycles. The lowest BCUT2D eigenvalue weighted by Gasteiger charge is -2.10. The monoisotopic (exact) mass is 217 g/mol. The Balaban J connectivity index is 0.000000845. The van der Waals surface area contributed by atoms with E-state index < -0.39 is 0 Å². The van der Waals surface area contributed by atoms with Crippen LogP contribution >= 0.6 is 24.0 Å². The van der Waals surface area contributed by atoms with Crippen molar-refractivity contribution in [3.05, 3.63) is 34.9 Å². The second-order valence-corrected chi connectivity index (χ2v) is 3.85. The van der Waals surface area contributed by atoms with Crippen molar-refractivity contribution in [2.24, 2.45) is 11.7 Å². The van der Waals surface area contributed by atoms with E-state index in [1.165, 1.54) is 18.4 Å². The summed E-state index contributed by atoms with van der Waals surface area (Å²) in [5.41, 5.74) is 7.18. The zero-order valence-corrected chi connectivity index (χ0v) is 8.81. The Hall–Kier alpha value is -0.240. The van der Waals surface area contributed by atoms with Gasteiger partial charge >= 0.3 is 0 Å². The molecule has 0 radical (unpaired) electrons. The van der Waals surface area contributed by atoms with Crippen LogP contribution in [0.4, 0.5) is 0 Å². The highest BCUT2D eigenvalue weighted by atomic mass is 35.5. The molecule has 0 amide bonds. The molecule has 2 rings (SSSR count). The largest absolute Gasteiger partial charge is 0.324 e. The summed E-state index contributed by atoms with van der Waals surface area (Å²) in [4.78, 5) is 0. The molecular formula is C10H13Cl2N. The van der Waals surface area contributed by atoms with E-state index in [0.717, 1.165) is 5.02 Å². The third kappa shape index (κ3) is 2.60. The first kappa shape index (κ1) is 10.8. The molecule has 0 heterocycles. The molecule has 2 N–H and O–H groups in total. The summed E-state index contributed by atoms with van der Waals surface area (Å²) in [5, 5.41) is 0.781. The second-order valence-electron chi connectivity index (χ2n) is 3.42. The molecule has 72 valence electrons. The van der Waals surface area contributed by atoms with Crippen LogP contribution in [0, 0.1) is 5.92 Å². The number of benzene rings is 1. The Labute approximate surface area is 89.7 Å². The second kappa shape index (κ2) is 4.32. The van der Waals surface area contributed by atoms with Crippen LogP contribution in [0.1, 0.15) is 24.4 Å². The maximum atomic E-state index is 6.01. The van der Waals surface area contributed by atoms with E-state index >= 15 is 0 Å². The minimum absolute atomic E-state index is 0. The predicted octanol–water partition coefficient (Wildman–Crippen LogP) is 3.17. The van der Waals surface area contributed by atoms with Gasteiger partial charge in [-0.25, -0.2) is 0 Å². The Morgan fingerprint density at radius 3 is 2.62 bits per heavy atom. The van der Waals surface area contributed by atoms with Gasteiger partial charge in [0.1, 0.15) is 0 Å². The van der Waals surface area contributed by atoms with Crippen molar-refractivity contribution in [2.45, 2.75) is 18.9 Å². The van der Waals surface area contributed by atoms with Crippen LogP contribution in [-0.2, 0) is 0 Å². The van der Waals surface area contributed by atoms with Gasteiger partial charge in [0, 0.05) is 11.1 Å². The molecular weight excluding hydrogens is 205 g/mol. The molecule has 13 heavy (non-hydrogen) atoms. The zero-order valence-electron chi connectivity index (χ0n) is 7.24. The number of halogens is 2. The van der Waals surface area contributed by atoms with E-state index in [9.17, 15) is 0 Å². The van der Waals surface area contributed by atoms with Crippen LogP contribution in [-0.4, -0.2) is 0 Å². The zero-order chi connectivity index (χ0) is 8.55. The van der Waals surface area contributed by atoms with Crippen molar-refractivity contribution in [3.8, 4) is 0 Å². The van der Waals surface area contributed by atoms with Crippen LogP contribution in [0.25, 0.3) is 0 Å². The van der Waals surface area contributed by atoms with E-state index in [0.29, 0.717) is 5.92 Å². The van der Waals surface area contributed by atoms with Gasteiger partial charge in [-0.2, -0.15) is 0 Å². The first-order chi connectivity index (χ1) is 5.77. The summed E-state index contributed by atoms with van der Waals surface area (Å²) in [7, 11) is 0. The Morgan fingerprint density at radius 1 is 1.38 bits per heavy atom. The standard InChI is InChI=1S/C10H12ClN.ClH/c11-9-3-1-2-8(6-9)10(12)7-4-5-7;/h1-3,6-7,10H,4-5,12H2;1H/t10-;/m1./s1. The first-order valence-corrected chi connectivity index (χ1v) is 4.66. The minimum atomic E-state index is 0. The molecule has 1 atom stereocenters. The average molecular weight is 218 g/mol. The van der Waals surface area contributed by atoms with Gasteiger partial charge in [0.15, 0.2) is 0 Å². The van der Waals surface area contributed by atoms with Crippen LogP contribution in [0.5, 0.6) is 0 Å². The summed E-state index contributed by atoms with van der Waals surface area (Å²) in [6, 6.07) is 8.05. The van der Waals surface area contributed by atoms with Gasteiger partial charge < -0.3 is 5.73 Å². The van der Waals surface area contributed by atoms with E-state index in [4.69, 9.17) is 17.3 Å². The fraction of sp³-hybridized carbons (Fsp3) is 0.400. The summed E-state index contributed by atoms with van der Waals surface area (Å²) < 4.78 is 0. The predicted molar refractivity (Wildman–Crippen MR) is 58.4 cm³/mol. The van der Waals surface area contributed by atoms with Crippen molar-refractivity contribution in [1.29, 1.82) is 0 Å². The quantitative estimate of drug-likeness (QED) is 0.810. The lowest BCUT2D eigenvalue weighted by Crippen LogP contribution is -2.11. The van der Waals surface area contributed by atoms with Crippen molar-refractivity contribution < 1.29 is 0 Å². The summed E-state index contributed by atoms with van der Waals surface area (Å²) in [5.74, 6) is 0.698. The third-order valence-electron chi connectivity index (χ3n) is 2.36. The lowest BCUT2D eigenvalue weighted by atomic mass is 10.0. The smallest absolute Gasteiger partial charge is 0.0409 e. The van der Waals surface area contributed by atoms with Gasteiger partial charge in [-0.15, -0.1) is 12.4 Å². The van der Waals surface area contributed by atoms with E-state index in [1.807, 2.05) is 18.2 Å². The maximum Gasteiger partial charge on any atom is 0.0409 e. The maximum absolute atomic E-state index is 6.01. The van der Waals surface area contributed by atoms with Crippen LogP contribution in [0.2, 0.25) is 5.02 Å². The third-order valence-corrected chi connectivity index (χ3v) is 2.60. The van der Waals surface area contributed by atoms with Crippen LogP contribution < -0.4 is 5.73 Å². The van der Waals surface area contributed by atoms with E-state index in [-0.39, 0.29) is 18.4 Å². The topological polar surface area (TPSA) is 26.0 Å². The molecule has 1 saturated carbocycles. The van der Waals surface area contributed by atoms with Crippen molar-refractivity contribution in [1.82, 2.24) is 0 Å². The molecule has 0 bridgehead atoms. The highest BCUT2D eigenvalue weighted by Crippen LogP contribution is 2.39. The average Bonchev–Trinajstić information content (AvgIpc) is 2.85. The van der Waals surface area contributed by atoms with E-state index in [2.05, 4.69) is 6.07 Å². The normalized spacial score (nSPS) is 17.7. The summed E-state index contributed by atoms with van der Waals surface area (Å²) in [6.07, 6.45) is 2.54. The molecule has 1 aromatic rings. The van der Waals surface area contributed by atoms with Crippen molar-refractivity contribution >= 4 is 24.0 Å². The molecule has 1 fully saturated rings. The number of rotatable bonds is 2. The molecule has 0 unspecified atom stereocenters. The highest BCUT2D eigenvalue weighted by Gasteiger charge is 2.29. The Morgan fingerprint density at radius 2 is 2.08 bits per heavy atom. The lowest BCUT2D eigenvalue weighted by molar-refractivity contribution is 0.633. The summed E-state index contributed by atoms with van der Waals surface area (Å²) in [6.45, 7) is 0. The molecule has 0 aromatic heterocycles. The molecule has 1 aliphatic rings. The van der Waals surface area contributed by atoms with Crippen LogP contribution in [0.3, 0.4) is 0 Å². The van der Waals surface area contributed by atoms with Crippen molar-refractivity contribution in [2.75, 3.05) is 0 Å². The van der Waals surface area contributed by atoms with E-state index in [1.54, 1.807) is 0 Å². The molecule has 3 heteroatoms. The van der Waals surface area contributed by atoms with Gasteiger partial charge in [0.05, 0.1) is 0 Å². The fourth-order valence-corrected chi connectivity index (χ4v) is 1.64. The molecule has 0 spiro atoms. The minimum Gasteiger partial charge on any atom is -0.324 e. The first-order valence-electron chi connectivity index (χ1n) is 4.28. The van der Waals surface area contributed by atoms with Gasteiger partial charge in [-0.05, 0) is 36.5 Å². The molecule has 1 aromatic carbocycles. The number of nitrogens with two attached hydrogens (primary N) is 1. The van der Waals surface area contributed by atoms with Crippen LogP contribution in [0.15, 0.2) is 24.3 Å². The Bertz CT molecular complexity index is 284. The van der Waals surface area contributed by atoms with Gasteiger partial charge in [-0.1, -0.05) is 23.7 Å². The van der Waals surface area contributed by atoms with Gasteiger partial charge in [-0.3, -0.25) is 0 Å². The molecule has 1 nitrogen and oxygen atoms in total. The van der Waals surface area contributed by atoms with Crippen molar-refractivity contribution in [3.63, 3.8) is 0 Å². The fourth-order valence-electron chi connectivity index (χ4n) is 1.44. The van der Waals surface area contributed by atoms with Gasteiger partial charge in [0.2, 0.25) is 0 Å². The molecule has 0 saturated heterocycles. The Kier molecular flexibility index (Phi) is 3.60. The number of hydrogen-bond acceptors (Lipinski definition) is 1. The highest BCUT2D eigenvalue weighted by molar-refractivity contribution is 6.30. The molecule has 0 aliphatic heterocycles. The summed E-state index contributed by atoms with van der Waals surface area (Å²) >= 11 is 5.86. The van der Waals surface area contributed by atoms with Gasteiger partial charge in [0.25, 0.3) is 0 Å².